The molecule has 1 aromatic heterocycles. The van der Waals surface area contributed by atoms with E-state index in [1.54, 1.807) is 24.3 Å². The van der Waals surface area contributed by atoms with Gasteiger partial charge in [-0.15, -0.1) is 0 Å². The summed E-state index contributed by atoms with van der Waals surface area (Å²) in [5.74, 6) is 0.176. The van der Waals surface area contributed by atoms with Gasteiger partial charge in [0.2, 0.25) is 0 Å². The third kappa shape index (κ3) is 4.56. The lowest BCUT2D eigenvalue weighted by atomic mass is 10.1. The fourth-order valence-electron chi connectivity index (χ4n) is 3.27. The first-order valence-electron chi connectivity index (χ1n) is 9.54. The van der Waals surface area contributed by atoms with Crippen molar-refractivity contribution in [2.24, 2.45) is 0 Å². The lowest BCUT2D eigenvalue weighted by molar-refractivity contribution is -0.112. The smallest absolute Gasteiger partial charge is 0.266 e. The van der Waals surface area contributed by atoms with Crippen molar-refractivity contribution in [3.63, 3.8) is 0 Å². The van der Waals surface area contributed by atoms with Crippen LogP contribution in [-0.4, -0.2) is 17.1 Å². The summed E-state index contributed by atoms with van der Waals surface area (Å²) in [5, 5.41) is 13.0. The van der Waals surface area contributed by atoms with Gasteiger partial charge in [-0.05, 0) is 62.7 Å². The van der Waals surface area contributed by atoms with Gasteiger partial charge in [0.25, 0.3) is 5.91 Å². The van der Waals surface area contributed by atoms with Crippen molar-refractivity contribution in [1.29, 1.82) is 5.26 Å². The molecule has 6 heteroatoms. The molecule has 0 saturated carbocycles. The van der Waals surface area contributed by atoms with Crippen LogP contribution in [0.4, 0.5) is 5.69 Å². The molecule has 5 nitrogen and oxygen atoms in total. The van der Waals surface area contributed by atoms with Crippen LogP contribution in [0.15, 0.2) is 60.2 Å². The molecule has 3 rings (SSSR count). The van der Waals surface area contributed by atoms with E-state index in [-0.39, 0.29) is 5.57 Å². The van der Waals surface area contributed by atoms with Crippen LogP contribution in [0.25, 0.3) is 11.8 Å². The maximum Gasteiger partial charge on any atom is 0.266 e. The monoisotopic (exact) mass is 419 g/mol. The third-order valence-corrected chi connectivity index (χ3v) is 4.95. The molecule has 0 bridgehead atoms. The Morgan fingerprint density at radius 1 is 1.20 bits per heavy atom. The number of amides is 1. The lowest BCUT2D eigenvalue weighted by Crippen LogP contribution is -2.13. The maximum absolute atomic E-state index is 12.7. The molecule has 0 fully saturated rings. The Labute approximate surface area is 181 Å². The predicted molar refractivity (Wildman–Crippen MR) is 120 cm³/mol. The number of halogens is 1. The Balaban J connectivity index is 1.91. The van der Waals surface area contributed by atoms with Crippen molar-refractivity contribution in [2.75, 3.05) is 11.9 Å². The molecule has 30 heavy (non-hydrogen) atoms. The van der Waals surface area contributed by atoms with Gasteiger partial charge in [-0.25, -0.2) is 0 Å². The van der Waals surface area contributed by atoms with Gasteiger partial charge in [-0.1, -0.05) is 29.8 Å². The average molecular weight is 420 g/mol. The van der Waals surface area contributed by atoms with Crippen molar-refractivity contribution >= 4 is 29.3 Å². The number of aromatic nitrogens is 1. The fourth-order valence-corrected chi connectivity index (χ4v) is 3.49. The molecule has 0 saturated heterocycles. The maximum atomic E-state index is 12.7. The summed E-state index contributed by atoms with van der Waals surface area (Å²) in [4.78, 5) is 12.7. The van der Waals surface area contributed by atoms with Crippen LogP contribution >= 0.6 is 11.6 Å². The van der Waals surface area contributed by atoms with Crippen LogP contribution in [0.5, 0.6) is 5.75 Å². The van der Waals surface area contributed by atoms with E-state index in [0.717, 1.165) is 22.6 Å². The summed E-state index contributed by atoms with van der Waals surface area (Å²) in [5.41, 5.74) is 4.05. The number of benzene rings is 2. The number of nitriles is 1. The number of carbonyl (C=O) groups is 1. The normalized spacial score (nSPS) is 11.1. The number of rotatable bonds is 6. The zero-order valence-electron chi connectivity index (χ0n) is 17.1. The molecule has 1 amide bonds. The SMILES string of the molecule is CCOc1cccc(NC(=O)/C(C#N)=C\c2cc(C)n(-c3ccccc3Cl)c2C)c1. The first kappa shape index (κ1) is 21.2. The van der Waals surface area contributed by atoms with Gasteiger partial charge in [0, 0.05) is 23.1 Å². The molecule has 1 N–H and O–H groups in total. The standard InChI is InChI=1S/C24H22ClN3O2/c1-4-30-21-9-7-8-20(14-21)27-24(29)19(15-26)13-18-12-16(2)28(17(18)3)23-11-6-5-10-22(23)25/h5-14H,4H2,1-3H3,(H,27,29)/b19-13-. The molecule has 3 aromatic rings. The van der Waals surface area contributed by atoms with E-state index in [1.807, 2.05) is 67.8 Å². The second-order valence-electron chi connectivity index (χ2n) is 6.70. The highest BCUT2D eigenvalue weighted by Gasteiger charge is 2.15. The Bertz CT molecular complexity index is 1160. The van der Waals surface area contributed by atoms with Gasteiger partial charge >= 0.3 is 0 Å². The van der Waals surface area contributed by atoms with E-state index in [0.29, 0.717) is 23.1 Å². The first-order chi connectivity index (χ1) is 14.4. The van der Waals surface area contributed by atoms with Crippen molar-refractivity contribution in [1.82, 2.24) is 4.57 Å². The molecule has 0 aliphatic carbocycles. The van der Waals surface area contributed by atoms with Gasteiger partial charge in [0.05, 0.1) is 17.3 Å². The van der Waals surface area contributed by atoms with Crippen LogP contribution in [0.2, 0.25) is 5.02 Å². The van der Waals surface area contributed by atoms with Crippen molar-refractivity contribution in [3.8, 4) is 17.5 Å². The molecular formula is C24H22ClN3O2. The third-order valence-electron chi connectivity index (χ3n) is 4.63. The minimum absolute atomic E-state index is 0.0104. The summed E-state index contributed by atoms with van der Waals surface area (Å²) in [7, 11) is 0. The molecule has 0 spiro atoms. The molecule has 1 heterocycles. The lowest BCUT2D eigenvalue weighted by Gasteiger charge is -2.11. The zero-order chi connectivity index (χ0) is 21.7. The number of anilines is 1. The van der Waals surface area contributed by atoms with Crippen LogP contribution in [-0.2, 0) is 4.79 Å². The van der Waals surface area contributed by atoms with Gasteiger partial charge < -0.3 is 14.6 Å². The first-order valence-corrected chi connectivity index (χ1v) is 9.92. The quantitative estimate of drug-likeness (QED) is 0.412. The number of ether oxygens (including phenoxy) is 1. The van der Waals surface area contributed by atoms with Crippen molar-refractivity contribution in [3.05, 3.63) is 82.1 Å². The fraction of sp³-hybridized carbons (Fsp3) is 0.167. The highest BCUT2D eigenvalue weighted by Crippen LogP contribution is 2.27. The average Bonchev–Trinajstić information content (AvgIpc) is 3.00. The number of carbonyl (C=O) groups excluding carboxylic acids is 1. The van der Waals surface area contributed by atoms with Crippen molar-refractivity contribution < 1.29 is 9.53 Å². The number of hydrogen-bond acceptors (Lipinski definition) is 3. The predicted octanol–water partition coefficient (Wildman–Crippen LogP) is 5.69. The number of nitrogens with zero attached hydrogens (tertiary/aromatic N) is 2. The van der Waals surface area contributed by atoms with Crippen LogP contribution in [0, 0.1) is 25.2 Å². The summed E-state index contributed by atoms with van der Waals surface area (Å²) < 4.78 is 7.46. The Hall–Kier alpha value is -3.49. The van der Waals surface area contributed by atoms with Gasteiger partial charge in [0.15, 0.2) is 0 Å². The van der Waals surface area contributed by atoms with Crippen LogP contribution < -0.4 is 10.1 Å². The van der Waals surface area contributed by atoms with E-state index in [1.165, 1.54) is 0 Å². The Morgan fingerprint density at radius 2 is 1.97 bits per heavy atom. The summed E-state index contributed by atoms with van der Waals surface area (Å²) in [6, 6.07) is 18.5. The summed E-state index contributed by atoms with van der Waals surface area (Å²) in [6.07, 6.45) is 1.59. The van der Waals surface area contributed by atoms with Gasteiger partial charge in [-0.3, -0.25) is 4.79 Å². The summed E-state index contributed by atoms with van der Waals surface area (Å²) in [6.45, 7) is 6.31. The van der Waals surface area contributed by atoms with Gasteiger partial charge in [-0.2, -0.15) is 5.26 Å². The molecule has 152 valence electrons. The molecule has 0 atom stereocenters. The van der Waals surface area contributed by atoms with Crippen molar-refractivity contribution in [2.45, 2.75) is 20.8 Å². The second-order valence-corrected chi connectivity index (χ2v) is 7.11. The Kier molecular flexibility index (Phi) is 6.61. The van der Waals surface area contributed by atoms with Gasteiger partial charge in [0.1, 0.15) is 17.4 Å². The number of hydrogen-bond donors (Lipinski definition) is 1. The minimum atomic E-state index is -0.478. The van der Waals surface area contributed by atoms with E-state index in [2.05, 4.69) is 5.32 Å². The number of nitrogens with one attached hydrogen (secondary N) is 1. The van der Waals surface area contributed by atoms with E-state index < -0.39 is 5.91 Å². The van der Waals surface area contributed by atoms with E-state index in [4.69, 9.17) is 16.3 Å². The minimum Gasteiger partial charge on any atom is -0.494 e. The van der Waals surface area contributed by atoms with Crippen LogP contribution in [0.1, 0.15) is 23.9 Å². The Morgan fingerprint density at radius 3 is 2.67 bits per heavy atom. The molecule has 2 aromatic carbocycles. The largest absolute Gasteiger partial charge is 0.494 e. The zero-order valence-corrected chi connectivity index (χ0v) is 17.8. The van der Waals surface area contributed by atoms with E-state index >= 15 is 0 Å². The number of aryl methyl sites for hydroxylation is 1. The molecule has 0 radical (unpaired) electrons. The highest BCUT2D eigenvalue weighted by atomic mass is 35.5. The molecule has 0 aliphatic rings. The molecule has 0 aliphatic heterocycles. The molecule has 0 unspecified atom stereocenters. The van der Waals surface area contributed by atoms with E-state index in [9.17, 15) is 10.1 Å². The van der Waals surface area contributed by atoms with Crippen LogP contribution in [0.3, 0.4) is 0 Å². The highest BCUT2D eigenvalue weighted by molar-refractivity contribution is 6.32. The number of para-hydroxylation sites is 1. The summed E-state index contributed by atoms with van der Waals surface area (Å²) >= 11 is 6.36. The molecular weight excluding hydrogens is 398 g/mol. The topological polar surface area (TPSA) is 67.0 Å². The second kappa shape index (κ2) is 9.34.